The number of rotatable bonds is 6. The van der Waals surface area contributed by atoms with Gasteiger partial charge < -0.3 is 10.2 Å². The number of hydrogen-bond acceptors (Lipinski definition) is 6. The van der Waals surface area contributed by atoms with Crippen LogP contribution in [0.4, 0.5) is 0 Å². The SMILES string of the molecule is O=C(NC(Cc1cccnc1)C(=O)ON1C(=O)c2ccccc2C1=O)c1ccccc1. The molecule has 3 amide bonds. The lowest BCUT2D eigenvalue weighted by Crippen LogP contribution is -2.46. The number of hydroxylamine groups is 2. The van der Waals surface area contributed by atoms with E-state index in [1.807, 2.05) is 0 Å². The molecule has 0 fully saturated rings. The number of pyridine rings is 1. The highest BCUT2D eigenvalue weighted by atomic mass is 16.7. The Morgan fingerprint density at radius 2 is 1.55 bits per heavy atom. The van der Waals surface area contributed by atoms with E-state index in [1.165, 1.54) is 12.1 Å². The number of amides is 3. The zero-order valence-electron chi connectivity index (χ0n) is 16.2. The van der Waals surface area contributed by atoms with Crippen LogP contribution >= 0.6 is 0 Å². The first-order valence-corrected chi connectivity index (χ1v) is 9.49. The number of benzene rings is 2. The average Bonchev–Trinajstić information content (AvgIpc) is 3.05. The molecule has 1 aliphatic rings. The summed E-state index contributed by atoms with van der Waals surface area (Å²) < 4.78 is 0. The Bertz CT molecular complexity index is 1110. The summed E-state index contributed by atoms with van der Waals surface area (Å²) in [4.78, 5) is 59.7. The Hall–Kier alpha value is -4.33. The van der Waals surface area contributed by atoms with Crippen LogP contribution in [0.2, 0.25) is 0 Å². The third-order valence-electron chi connectivity index (χ3n) is 4.73. The van der Waals surface area contributed by atoms with E-state index in [4.69, 9.17) is 4.84 Å². The fourth-order valence-electron chi connectivity index (χ4n) is 3.18. The highest BCUT2D eigenvalue weighted by Crippen LogP contribution is 2.23. The van der Waals surface area contributed by atoms with Crippen LogP contribution in [-0.2, 0) is 16.1 Å². The van der Waals surface area contributed by atoms with Crippen LogP contribution in [-0.4, -0.2) is 39.8 Å². The third kappa shape index (κ3) is 4.18. The Kier molecular flexibility index (Phi) is 5.53. The van der Waals surface area contributed by atoms with Gasteiger partial charge in [0.15, 0.2) is 0 Å². The molecule has 1 atom stereocenters. The van der Waals surface area contributed by atoms with Crippen molar-refractivity contribution in [3.8, 4) is 0 Å². The Labute approximate surface area is 177 Å². The number of carbonyl (C=O) groups is 4. The highest BCUT2D eigenvalue weighted by Gasteiger charge is 2.40. The summed E-state index contributed by atoms with van der Waals surface area (Å²) in [6, 6.07) is 16.8. The van der Waals surface area contributed by atoms with Crippen LogP contribution in [0.5, 0.6) is 0 Å². The molecule has 0 spiro atoms. The molecule has 1 aliphatic heterocycles. The molecule has 3 aromatic rings. The second-order valence-electron chi connectivity index (χ2n) is 6.82. The topological polar surface area (TPSA) is 106 Å². The largest absolute Gasteiger partial charge is 0.355 e. The molecule has 154 valence electrons. The molecular formula is C23H17N3O5. The van der Waals surface area contributed by atoms with Crippen LogP contribution in [0, 0.1) is 0 Å². The van der Waals surface area contributed by atoms with Gasteiger partial charge in [0.25, 0.3) is 17.7 Å². The molecule has 0 saturated heterocycles. The molecule has 0 aliphatic carbocycles. The fraction of sp³-hybridized carbons (Fsp3) is 0.0870. The summed E-state index contributed by atoms with van der Waals surface area (Å²) in [5.74, 6) is -2.90. The number of carbonyl (C=O) groups excluding carboxylic acids is 4. The molecule has 2 heterocycles. The van der Waals surface area contributed by atoms with Crippen molar-refractivity contribution in [1.29, 1.82) is 0 Å². The summed E-state index contributed by atoms with van der Waals surface area (Å²) >= 11 is 0. The van der Waals surface area contributed by atoms with Gasteiger partial charge in [-0.25, -0.2) is 4.79 Å². The van der Waals surface area contributed by atoms with E-state index < -0.39 is 29.7 Å². The molecule has 1 unspecified atom stereocenters. The minimum Gasteiger partial charge on any atom is -0.338 e. The van der Waals surface area contributed by atoms with Crippen molar-refractivity contribution in [2.75, 3.05) is 0 Å². The maximum atomic E-state index is 12.9. The van der Waals surface area contributed by atoms with Gasteiger partial charge in [-0.2, -0.15) is 0 Å². The number of imide groups is 1. The quantitative estimate of drug-likeness (QED) is 0.619. The summed E-state index contributed by atoms with van der Waals surface area (Å²) in [5, 5.41) is 3.04. The van der Waals surface area contributed by atoms with Crippen molar-refractivity contribution in [2.45, 2.75) is 12.5 Å². The predicted molar refractivity (Wildman–Crippen MR) is 109 cm³/mol. The third-order valence-corrected chi connectivity index (χ3v) is 4.73. The van der Waals surface area contributed by atoms with Crippen molar-refractivity contribution in [3.05, 3.63) is 101 Å². The first-order valence-electron chi connectivity index (χ1n) is 9.49. The van der Waals surface area contributed by atoms with Gasteiger partial charge in [-0.05, 0) is 35.9 Å². The minimum atomic E-state index is -1.15. The maximum Gasteiger partial charge on any atom is 0.355 e. The Balaban J connectivity index is 1.54. The molecule has 1 aromatic heterocycles. The molecule has 4 rings (SSSR count). The second kappa shape index (κ2) is 8.58. The summed E-state index contributed by atoms with van der Waals surface area (Å²) in [7, 11) is 0. The van der Waals surface area contributed by atoms with E-state index >= 15 is 0 Å². The molecule has 0 saturated carbocycles. The van der Waals surface area contributed by atoms with Crippen molar-refractivity contribution < 1.29 is 24.0 Å². The van der Waals surface area contributed by atoms with Gasteiger partial charge in [0.05, 0.1) is 11.1 Å². The molecule has 31 heavy (non-hydrogen) atoms. The van der Waals surface area contributed by atoms with E-state index in [1.54, 1.807) is 67.0 Å². The molecule has 2 aromatic carbocycles. The summed E-state index contributed by atoms with van der Waals surface area (Å²) in [5.41, 5.74) is 1.32. The zero-order valence-corrected chi connectivity index (χ0v) is 16.2. The molecule has 8 nitrogen and oxygen atoms in total. The van der Waals surface area contributed by atoms with Crippen molar-refractivity contribution in [1.82, 2.24) is 15.4 Å². The van der Waals surface area contributed by atoms with Gasteiger partial charge in [-0.3, -0.25) is 19.4 Å². The molecule has 1 N–H and O–H groups in total. The highest BCUT2D eigenvalue weighted by molar-refractivity contribution is 6.21. The lowest BCUT2D eigenvalue weighted by atomic mass is 10.1. The molecule has 8 heteroatoms. The van der Waals surface area contributed by atoms with E-state index in [-0.39, 0.29) is 17.5 Å². The van der Waals surface area contributed by atoms with Crippen LogP contribution in [0.15, 0.2) is 79.1 Å². The lowest BCUT2D eigenvalue weighted by Gasteiger charge is -2.20. The number of hydrogen-bond donors (Lipinski definition) is 1. The van der Waals surface area contributed by atoms with Crippen LogP contribution < -0.4 is 5.32 Å². The van der Waals surface area contributed by atoms with Gasteiger partial charge in [-0.1, -0.05) is 41.5 Å². The molecular weight excluding hydrogens is 398 g/mol. The first-order chi connectivity index (χ1) is 15.0. The van der Waals surface area contributed by atoms with Gasteiger partial charge in [0.1, 0.15) is 6.04 Å². The predicted octanol–water partition coefficient (Wildman–Crippen LogP) is 2.18. The standard InChI is InChI=1S/C23H17N3O5/c27-20(16-8-2-1-3-9-16)25-19(13-15-7-6-12-24-14-15)23(30)31-26-21(28)17-10-4-5-11-18(17)22(26)29/h1-12,14,19H,13H2,(H,25,27). The number of fused-ring (bicyclic) bond motifs is 1. The Morgan fingerprint density at radius 3 is 2.16 bits per heavy atom. The zero-order chi connectivity index (χ0) is 21.8. The van der Waals surface area contributed by atoms with Gasteiger partial charge in [-0.15, -0.1) is 0 Å². The van der Waals surface area contributed by atoms with Crippen LogP contribution in [0.1, 0.15) is 36.6 Å². The van der Waals surface area contributed by atoms with Crippen molar-refractivity contribution >= 4 is 23.7 Å². The lowest BCUT2D eigenvalue weighted by molar-refractivity contribution is -0.170. The van der Waals surface area contributed by atoms with E-state index in [0.717, 1.165) is 0 Å². The number of aromatic nitrogens is 1. The monoisotopic (exact) mass is 415 g/mol. The van der Waals surface area contributed by atoms with Crippen LogP contribution in [0.3, 0.4) is 0 Å². The van der Waals surface area contributed by atoms with E-state index in [9.17, 15) is 19.2 Å². The second-order valence-corrected chi connectivity index (χ2v) is 6.82. The van der Waals surface area contributed by atoms with Crippen LogP contribution in [0.25, 0.3) is 0 Å². The first kappa shape index (κ1) is 20.0. The summed E-state index contributed by atoms with van der Waals surface area (Å²) in [6.07, 6.45) is 3.20. The average molecular weight is 415 g/mol. The van der Waals surface area contributed by atoms with Crippen molar-refractivity contribution in [3.63, 3.8) is 0 Å². The Morgan fingerprint density at radius 1 is 0.903 bits per heavy atom. The normalized spacial score (nSPS) is 13.5. The number of nitrogens with zero attached hydrogens (tertiary/aromatic N) is 2. The summed E-state index contributed by atoms with van der Waals surface area (Å²) in [6.45, 7) is 0. The minimum absolute atomic E-state index is 0.0639. The van der Waals surface area contributed by atoms with Crippen molar-refractivity contribution in [2.24, 2.45) is 0 Å². The van der Waals surface area contributed by atoms with Gasteiger partial charge in [0.2, 0.25) is 0 Å². The fourth-order valence-corrected chi connectivity index (χ4v) is 3.18. The van der Waals surface area contributed by atoms with E-state index in [2.05, 4.69) is 10.3 Å². The maximum absolute atomic E-state index is 12.9. The van der Waals surface area contributed by atoms with Gasteiger partial charge >= 0.3 is 5.97 Å². The van der Waals surface area contributed by atoms with Gasteiger partial charge in [0, 0.05) is 24.4 Å². The molecule has 0 radical (unpaired) electrons. The van der Waals surface area contributed by atoms with E-state index in [0.29, 0.717) is 16.2 Å². The number of nitrogens with one attached hydrogen (secondary N) is 1. The smallest absolute Gasteiger partial charge is 0.338 e. The molecule has 0 bridgehead atoms.